The van der Waals surface area contributed by atoms with Crippen LogP contribution in [0.5, 0.6) is 0 Å². The Morgan fingerprint density at radius 3 is 1.02 bits per heavy atom. The fourth-order valence-corrected chi connectivity index (χ4v) is 2.94. The summed E-state index contributed by atoms with van der Waals surface area (Å²) in [6, 6.07) is 0. The van der Waals surface area contributed by atoms with Gasteiger partial charge in [-0.25, -0.2) is 18.8 Å². The van der Waals surface area contributed by atoms with Crippen LogP contribution in [-0.4, -0.2) is 110 Å². The highest BCUT2D eigenvalue weighted by Crippen LogP contribution is 2.61. The first-order valence-electron chi connectivity index (χ1n) is 13.1. The van der Waals surface area contributed by atoms with Crippen LogP contribution in [0, 0.1) is 0 Å². The molecule has 4 atom stereocenters. The minimum Gasteiger partial charge on any atom is -0.456 e. The van der Waals surface area contributed by atoms with Crippen LogP contribution in [0.3, 0.4) is 0 Å². The highest BCUT2D eigenvalue weighted by Gasteiger charge is 2.92. The van der Waals surface area contributed by atoms with Gasteiger partial charge in [-0.05, 0) is 13.6 Å². The summed E-state index contributed by atoms with van der Waals surface area (Å²) in [7, 11) is 0. The molecule has 0 aliphatic rings. The van der Waals surface area contributed by atoms with E-state index in [9.17, 15) is 89.4 Å². The molecular formula is C24H17F21O12. The van der Waals surface area contributed by atoms with E-state index in [1.54, 1.807) is 0 Å². The number of alkyl halides is 18. The van der Waals surface area contributed by atoms with E-state index in [0.717, 1.165) is 0 Å². The van der Waals surface area contributed by atoms with E-state index >= 15 is 17.6 Å². The van der Waals surface area contributed by atoms with Gasteiger partial charge in [-0.2, -0.15) is 74.6 Å². The Hall–Kier alpha value is -4.08. The molecule has 4 unspecified atom stereocenters. The number of ether oxygens (including phenoxy) is 6. The van der Waals surface area contributed by atoms with Gasteiger partial charge in [0.05, 0.1) is 0 Å². The zero-order valence-electron chi connectivity index (χ0n) is 26.5. The zero-order valence-corrected chi connectivity index (χ0v) is 26.5. The molecule has 0 aliphatic heterocycles. The third-order valence-corrected chi connectivity index (χ3v) is 5.95. The molecule has 0 fully saturated rings. The topological polar surface area (TPSA) is 134 Å². The fraction of sp³-hybridized carbons (Fsp3) is 0.625. The maximum absolute atomic E-state index is 16.2. The average molecular weight is 896 g/mol. The van der Waals surface area contributed by atoms with Crippen molar-refractivity contribution in [2.75, 3.05) is 26.4 Å². The summed E-state index contributed by atoms with van der Waals surface area (Å²) in [5.74, 6) is -59.9. The van der Waals surface area contributed by atoms with Crippen LogP contribution in [0.2, 0.25) is 0 Å². The van der Waals surface area contributed by atoms with Gasteiger partial charge in [0.2, 0.25) is 0 Å². The number of esters is 3. The van der Waals surface area contributed by atoms with E-state index < -0.39 is 110 Å². The standard InChI is InChI=1S/C24H17F21O12/c1-4-11(46)49-7-14(25,26)21(35,36)52-10-17(31,53-22(37,38)15(27,28)8-50-12(47)5-2)18(32,55-43)19(33,20(34,56-44)24(41,42)57-45)54-23(39,40)16(29,30)9-51-13(48)6-3/h4-6H,1-3,7-10H2. The van der Waals surface area contributed by atoms with E-state index in [2.05, 4.69) is 43.4 Å². The van der Waals surface area contributed by atoms with Crippen LogP contribution in [0.4, 0.5) is 92.6 Å². The van der Waals surface area contributed by atoms with Crippen LogP contribution >= 0.6 is 0 Å². The number of hydrogen-bond donors (Lipinski definition) is 0. The lowest BCUT2D eigenvalue weighted by molar-refractivity contribution is -0.604. The van der Waals surface area contributed by atoms with Gasteiger partial charge in [0.25, 0.3) is 0 Å². The second-order valence-corrected chi connectivity index (χ2v) is 9.85. The Morgan fingerprint density at radius 2 is 0.719 bits per heavy atom. The predicted octanol–water partition coefficient (Wildman–Crippen LogP) is 6.87. The smallest absolute Gasteiger partial charge is 0.453 e. The number of rotatable bonds is 26. The predicted molar refractivity (Wildman–Crippen MR) is 128 cm³/mol. The van der Waals surface area contributed by atoms with Crippen molar-refractivity contribution < 1.29 is 150 Å². The van der Waals surface area contributed by atoms with Crippen molar-refractivity contribution in [1.29, 1.82) is 0 Å². The highest BCUT2D eigenvalue weighted by atomic mass is 19.4. The molecule has 0 rings (SSSR count). The third-order valence-electron chi connectivity index (χ3n) is 5.95. The van der Waals surface area contributed by atoms with Gasteiger partial charge < -0.3 is 18.9 Å². The monoisotopic (exact) mass is 896 g/mol. The van der Waals surface area contributed by atoms with Crippen LogP contribution in [0.25, 0.3) is 0 Å². The van der Waals surface area contributed by atoms with Gasteiger partial charge in [-0.1, -0.05) is 19.7 Å². The van der Waals surface area contributed by atoms with Crippen LogP contribution in [0.1, 0.15) is 0 Å². The summed E-state index contributed by atoms with van der Waals surface area (Å²) < 4.78 is 321. The molecule has 0 saturated heterocycles. The summed E-state index contributed by atoms with van der Waals surface area (Å²) in [6.45, 7) is -7.04. The van der Waals surface area contributed by atoms with Crippen molar-refractivity contribution in [2.24, 2.45) is 0 Å². The zero-order chi connectivity index (χ0) is 45.5. The average Bonchev–Trinajstić information content (AvgIpc) is 3.12. The van der Waals surface area contributed by atoms with E-state index in [1.807, 2.05) is 4.74 Å². The molecule has 0 radical (unpaired) electrons. The van der Waals surface area contributed by atoms with Gasteiger partial charge in [0.1, 0.15) is 6.61 Å². The second kappa shape index (κ2) is 17.8. The SMILES string of the molecule is C=CC(=O)OCC(F)(F)C(F)(F)OCC(F)(OC(F)(F)C(F)(F)COC(=O)C=C)C(F)(OF)C(F)(OC(F)(F)C(F)(F)COC(=O)C=C)C(F)(OF)C(F)(F)OF. The molecule has 0 saturated carbocycles. The molecule has 0 aromatic rings. The lowest BCUT2D eigenvalue weighted by atomic mass is 9.92. The van der Waals surface area contributed by atoms with Gasteiger partial charge in [-0.15, -0.1) is 14.8 Å². The minimum absolute atomic E-state index is 0.0726. The van der Waals surface area contributed by atoms with Crippen molar-refractivity contribution in [3.05, 3.63) is 38.0 Å². The second-order valence-electron chi connectivity index (χ2n) is 9.85. The Bertz CT molecular complexity index is 1470. The van der Waals surface area contributed by atoms with Crippen LogP contribution in [-0.2, 0) is 57.6 Å². The maximum atomic E-state index is 16.2. The molecule has 0 aromatic heterocycles. The summed E-state index contributed by atoms with van der Waals surface area (Å²) in [5, 5.41) is 0. The van der Waals surface area contributed by atoms with E-state index in [4.69, 9.17) is 0 Å². The number of hydrogen-bond acceptors (Lipinski definition) is 12. The highest BCUT2D eigenvalue weighted by molar-refractivity contribution is 5.81. The first-order chi connectivity index (χ1) is 25.4. The van der Waals surface area contributed by atoms with Gasteiger partial charge in [0.15, 0.2) is 19.8 Å². The maximum Gasteiger partial charge on any atom is 0.453 e. The molecule has 0 N–H and O–H groups in total. The van der Waals surface area contributed by atoms with Crippen molar-refractivity contribution in [3.8, 4) is 0 Å². The Labute approximate surface area is 299 Å². The molecule has 12 nitrogen and oxygen atoms in total. The number of carbonyl (C=O) groups is 3. The Morgan fingerprint density at radius 1 is 0.404 bits per heavy atom. The molecule has 0 aliphatic carbocycles. The van der Waals surface area contributed by atoms with E-state index in [0.29, 0.717) is 0 Å². The molecule has 0 aromatic carbocycles. The molecule has 33 heteroatoms. The molecule has 57 heavy (non-hydrogen) atoms. The van der Waals surface area contributed by atoms with Gasteiger partial charge in [-0.3, -0.25) is 9.47 Å². The quantitative estimate of drug-likeness (QED) is 0.0389. The van der Waals surface area contributed by atoms with Gasteiger partial charge >= 0.3 is 83.5 Å². The third kappa shape index (κ3) is 10.5. The molecule has 332 valence electrons. The first-order valence-corrected chi connectivity index (χ1v) is 13.1. The van der Waals surface area contributed by atoms with Crippen molar-refractivity contribution >= 4 is 17.9 Å². The Balaban J connectivity index is 8.31. The largest absolute Gasteiger partial charge is 0.456 e. The fourth-order valence-electron chi connectivity index (χ4n) is 2.94. The molecule has 0 heterocycles. The minimum atomic E-state index is -8.72. The van der Waals surface area contributed by atoms with Crippen molar-refractivity contribution in [3.63, 3.8) is 0 Å². The summed E-state index contributed by atoms with van der Waals surface area (Å²) in [5.41, 5.74) is 0. The van der Waals surface area contributed by atoms with Crippen molar-refractivity contribution in [1.82, 2.24) is 0 Å². The van der Waals surface area contributed by atoms with Crippen molar-refractivity contribution in [2.45, 2.75) is 65.6 Å². The summed E-state index contributed by atoms with van der Waals surface area (Å²) in [4.78, 5) is 36.8. The molecule has 0 bridgehead atoms. The molecule has 0 amide bonds. The lowest BCUT2D eigenvalue weighted by Gasteiger charge is -2.48. The van der Waals surface area contributed by atoms with E-state index in [-0.39, 0.29) is 18.2 Å². The number of carbonyl (C=O) groups excluding carboxylic acids is 3. The summed E-state index contributed by atoms with van der Waals surface area (Å²) >= 11 is 0. The number of halogens is 21. The molecular weight excluding hydrogens is 879 g/mol. The summed E-state index contributed by atoms with van der Waals surface area (Å²) in [6.07, 6.45) is -30.7. The first kappa shape index (κ1) is 52.9. The van der Waals surface area contributed by atoms with Crippen LogP contribution < -0.4 is 0 Å². The normalized spacial score (nSPS) is 17.8. The lowest BCUT2D eigenvalue weighted by Crippen LogP contribution is -2.79. The van der Waals surface area contributed by atoms with Crippen LogP contribution in [0.15, 0.2) is 38.0 Å². The van der Waals surface area contributed by atoms with Gasteiger partial charge in [0, 0.05) is 18.2 Å². The molecule has 0 spiro atoms. The Kier molecular flexibility index (Phi) is 16.5. The van der Waals surface area contributed by atoms with E-state index in [1.165, 1.54) is 14.8 Å².